The van der Waals surface area contributed by atoms with Crippen molar-refractivity contribution in [1.29, 1.82) is 0 Å². The van der Waals surface area contributed by atoms with Gasteiger partial charge in [-0.1, -0.05) is 53.0 Å². The highest BCUT2D eigenvalue weighted by Gasteiger charge is 2.40. The fourth-order valence-electron chi connectivity index (χ4n) is 2.43. The van der Waals surface area contributed by atoms with E-state index in [0.29, 0.717) is 10.7 Å². The van der Waals surface area contributed by atoms with Crippen molar-refractivity contribution in [3.63, 3.8) is 0 Å². The second-order valence-corrected chi connectivity index (χ2v) is 6.21. The number of anilines is 2. The maximum absolute atomic E-state index is 12.6. The largest absolute Gasteiger partial charge is 0.372 e. The van der Waals surface area contributed by atoms with Crippen molar-refractivity contribution in [1.82, 2.24) is 0 Å². The molecule has 0 aromatic heterocycles. The van der Waals surface area contributed by atoms with Crippen LogP contribution < -0.4 is 10.2 Å². The monoisotopic (exact) mass is 368 g/mol. The minimum atomic E-state index is -0.697. The van der Waals surface area contributed by atoms with E-state index >= 15 is 0 Å². The first-order valence-electron chi connectivity index (χ1n) is 6.81. The Hall–Kier alpha value is -1.75. The van der Waals surface area contributed by atoms with Gasteiger partial charge in [-0.3, -0.25) is 9.59 Å². The third-order valence-corrected chi connectivity index (χ3v) is 4.66. The fraction of sp³-hybridized carbons (Fsp3) is 0.125. The predicted octanol–water partition coefficient (Wildman–Crippen LogP) is 4.39. The Morgan fingerprint density at radius 3 is 2.39 bits per heavy atom. The van der Waals surface area contributed by atoms with Gasteiger partial charge in [-0.15, -0.1) is 0 Å². The van der Waals surface area contributed by atoms with Gasteiger partial charge < -0.3 is 5.32 Å². The molecule has 118 valence electrons. The van der Waals surface area contributed by atoms with Crippen molar-refractivity contribution in [3.8, 4) is 0 Å². The minimum Gasteiger partial charge on any atom is -0.372 e. The molecule has 1 saturated heterocycles. The van der Waals surface area contributed by atoms with Crippen molar-refractivity contribution >= 4 is 58.0 Å². The third-order valence-electron chi connectivity index (χ3n) is 3.52. The molecule has 1 fully saturated rings. The van der Waals surface area contributed by atoms with E-state index < -0.39 is 6.04 Å². The van der Waals surface area contributed by atoms with Crippen LogP contribution >= 0.6 is 34.8 Å². The van der Waals surface area contributed by atoms with Gasteiger partial charge >= 0.3 is 0 Å². The summed E-state index contributed by atoms with van der Waals surface area (Å²) < 4.78 is 0. The number of rotatable bonds is 3. The molecule has 4 nitrogen and oxygen atoms in total. The summed E-state index contributed by atoms with van der Waals surface area (Å²) in [6, 6.07) is 11.1. The van der Waals surface area contributed by atoms with Crippen LogP contribution in [0.4, 0.5) is 11.4 Å². The van der Waals surface area contributed by atoms with E-state index in [2.05, 4.69) is 5.32 Å². The quantitative estimate of drug-likeness (QED) is 0.816. The van der Waals surface area contributed by atoms with Crippen LogP contribution in [0.25, 0.3) is 0 Å². The van der Waals surface area contributed by atoms with Crippen molar-refractivity contribution in [2.45, 2.75) is 12.5 Å². The number of carbonyl (C=O) groups is 2. The summed E-state index contributed by atoms with van der Waals surface area (Å²) in [4.78, 5) is 25.9. The minimum absolute atomic E-state index is 0.0207. The number of hydrogen-bond donors (Lipinski definition) is 1. The van der Waals surface area contributed by atoms with E-state index in [0.717, 1.165) is 4.90 Å². The van der Waals surface area contributed by atoms with E-state index in [4.69, 9.17) is 34.8 Å². The summed E-state index contributed by atoms with van der Waals surface area (Å²) in [6.45, 7) is 0. The molecule has 1 N–H and O–H groups in total. The summed E-state index contributed by atoms with van der Waals surface area (Å²) in [5.41, 5.74) is 0.886. The van der Waals surface area contributed by atoms with E-state index in [-0.39, 0.29) is 34.0 Å². The number of para-hydroxylation sites is 1. The first kappa shape index (κ1) is 16.1. The van der Waals surface area contributed by atoms with Gasteiger partial charge in [0.2, 0.25) is 5.91 Å². The van der Waals surface area contributed by atoms with Gasteiger partial charge in [0.1, 0.15) is 6.04 Å². The van der Waals surface area contributed by atoms with Crippen LogP contribution in [0.2, 0.25) is 15.1 Å². The lowest BCUT2D eigenvalue weighted by molar-refractivity contribution is -0.121. The number of nitrogens with zero attached hydrogens (tertiary/aromatic N) is 1. The number of nitrogens with one attached hydrogen (secondary N) is 1. The number of carbonyl (C=O) groups excluding carboxylic acids is 2. The normalized spacial score (nSPS) is 17.7. The average molecular weight is 370 g/mol. The second-order valence-electron chi connectivity index (χ2n) is 5.02. The number of hydrogen-bond acceptors (Lipinski definition) is 3. The molecule has 1 unspecified atom stereocenters. The number of imide groups is 1. The van der Waals surface area contributed by atoms with Crippen molar-refractivity contribution in [2.24, 2.45) is 0 Å². The van der Waals surface area contributed by atoms with E-state index in [9.17, 15) is 9.59 Å². The van der Waals surface area contributed by atoms with Crippen molar-refractivity contribution in [3.05, 3.63) is 57.5 Å². The number of halogens is 3. The lowest BCUT2D eigenvalue weighted by Crippen LogP contribution is -2.35. The Kier molecular flexibility index (Phi) is 4.48. The molecule has 1 heterocycles. The molecule has 2 amide bonds. The molecule has 0 spiro atoms. The molecule has 0 saturated carbocycles. The number of amides is 2. The smallest absolute Gasteiger partial charge is 0.256 e. The highest BCUT2D eigenvalue weighted by atomic mass is 35.5. The van der Waals surface area contributed by atoms with Gasteiger partial charge in [-0.05, 0) is 24.3 Å². The van der Waals surface area contributed by atoms with Crippen LogP contribution in [0.3, 0.4) is 0 Å². The van der Waals surface area contributed by atoms with E-state index in [1.165, 1.54) is 0 Å². The third kappa shape index (κ3) is 3.02. The molecular weight excluding hydrogens is 359 g/mol. The van der Waals surface area contributed by atoms with Crippen LogP contribution in [0.5, 0.6) is 0 Å². The molecule has 0 bridgehead atoms. The highest BCUT2D eigenvalue weighted by molar-refractivity contribution is 6.45. The zero-order valence-corrected chi connectivity index (χ0v) is 14.0. The van der Waals surface area contributed by atoms with Gasteiger partial charge in [0.05, 0.1) is 32.9 Å². The Labute approximate surface area is 147 Å². The summed E-state index contributed by atoms with van der Waals surface area (Å²) in [6.07, 6.45) is 0.0207. The Morgan fingerprint density at radius 2 is 1.65 bits per heavy atom. The van der Waals surface area contributed by atoms with Gasteiger partial charge in [-0.25, -0.2) is 4.90 Å². The molecular formula is C16H11Cl3N2O2. The van der Waals surface area contributed by atoms with Gasteiger partial charge in [0.25, 0.3) is 5.91 Å². The Bertz CT molecular complexity index is 795. The first-order chi connectivity index (χ1) is 11.0. The van der Waals surface area contributed by atoms with Crippen LogP contribution in [0.15, 0.2) is 42.5 Å². The zero-order chi connectivity index (χ0) is 16.6. The molecule has 1 aliphatic heterocycles. The summed E-state index contributed by atoms with van der Waals surface area (Å²) in [5.74, 6) is -0.734. The number of benzene rings is 2. The van der Waals surface area contributed by atoms with Crippen molar-refractivity contribution in [2.75, 3.05) is 10.2 Å². The highest BCUT2D eigenvalue weighted by Crippen LogP contribution is 2.35. The Morgan fingerprint density at radius 1 is 0.957 bits per heavy atom. The lowest BCUT2D eigenvalue weighted by Gasteiger charge is -2.18. The van der Waals surface area contributed by atoms with Crippen LogP contribution in [-0.4, -0.2) is 17.9 Å². The maximum Gasteiger partial charge on any atom is 0.256 e. The molecule has 7 heteroatoms. The van der Waals surface area contributed by atoms with Gasteiger partial charge in [-0.2, -0.15) is 0 Å². The summed E-state index contributed by atoms with van der Waals surface area (Å²) in [5, 5.41) is 3.94. The average Bonchev–Trinajstić information content (AvgIpc) is 2.79. The molecule has 3 rings (SSSR count). The predicted molar refractivity (Wildman–Crippen MR) is 92.4 cm³/mol. The van der Waals surface area contributed by atoms with Gasteiger partial charge in [0.15, 0.2) is 0 Å². The maximum atomic E-state index is 12.6. The SMILES string of the molecule is O=C1CC(Nc2ccccc2Cl)C(=O)N1c1cccc(Cl)c1Cl. The van der Waals surface area contributed by atoms with E-state index in [1.807, 2.05) is 0 Å². The molecule has 2 aromatic rings. The molecule has 2 aromatic carbocycles. The molecule has 1 aliphatic rings. The second kappa shape index (κ2) is 6.40. The standard InChI is InChI=1S/C16H11Cl3N2O2/c17-9-4-1-2-6-11(9)20-12-8-14(22)21(16(12)23)13-7-3-5-10(18)15(13)19/h1-7,12,20H,8H2. The topological polar surface area (TPSA) is 49.4 Å². The van der Waals surface area contributed by atoms with Crippen LogP contribution in [0, 0.1) is 0 Å². The molecule has 0 radical (unpaired) electrons. The van der Waals surface area contributed by atoms with Crippen molar-refractivity contribution < 1.29 is 9.59 Å². The zero-order valence-electron chi connectivity index (χ0n) is 11.7. The lowest BCUT2D eigenvalue weighted by atomic mass is 10.2. The first-order valence-corrected chi connectivity index (χ1v) is 7.94. The Balaban J connectivity index is 1.89. The summed E-state index contributed by atoms with van der Waals surface area (Å²) >= 11 is 18.2. The van der Waals surface area contributed by atoms with E-state index in [1.54, 1.807) is 42.5 Å². The molecule has 0 aliphatic carbocycles. The van der Waals surface area contributed by atoms with Crippen LogP contribution in [-0.2, 0) is 9.59 Å². The fourth-order valence-corrected chi connectivity index (χ4v) is 3.00. The molecule has 23 heavy (non-hydrogen) atoms. The van der Waals surface area contributed by atoms with Gasteiger partial charge in [0, 0.05) is 0 Å². The molecule has 1 atom stereocenters. The van der Waals surface area contributed by atoms with Crippen LogP contribution in [0.1, 0.15) is 6.42 Å². The summed E-state index contributed by atoms with van der Waals surface area (Å²) in [7, 11) is 0.